The Kier molecular flexibility index (Phi) is 2.76. The predicted octanol–water partition coefficient (Wildman–Crippen LogP) is 1.35. The second-order valence-corrected chi connectivity index (χ2v) is 3.51. The van der Waals surface area contributed by atoms with Crippen LogP contribution in [0.5, 0.6) is 0 Å². The van der Waals surface area contributed by atoms with Crippen LogP contribution in [0.3, 0.4) is 0 Å². The Morgan fingerprint density at radius 3 is 2.59 bits per heavy atom. The summed E-state index contributed by atoms with van der Waals surface area (Å²) in [4.78, 5) is 20.0. The van der Waals surface area contributed by atoms with Crippen molar-refractivity contribution in [2.75, 3.05) is 5.73 Å². The zero-order valence-corrected chi connectivity index (χ0v) is 8.92. The number of anilines is 1. The molecule has 0 saturated heterocycles. The molecule has 3 N–H and O–H groups in total. The van der Waals surface area contributed by atoms with E-state index in [1.807, 2.05) is 0 Å². The Labute approximate surface area is 98.3 Å². The quantitative estimate of drug-likeness (QED) is 0.756. The lowest BCUT2D eigenvalue weighted by molar-refractivity contribution is 0.602. The average molecular weight is 259 g/mol. The second kappa shape index (κ2) is 4.10. The maximum Gasteiger partial charge on any atom is 0.349 e. The van der Waals surface area contributed by atoms with E-state index >= 15 is 0 Å². The third-order valence-electron chi connectivity index (χ3n) is 1.93. The van der Waals surface area contributed by atoms with E-state index in [0.29, 0.717) is 0 Å². The maximum atomic E-state index is 13.5. The number of nitrogens with two attached hydrogens (primary N) is 1. The topological polar surface area (TPSA) is 84.7 Å². The number of rotatable bonds is 1. The van der Waals surface area contributed by atoms with E-state index in [1.54, 1.807) is 0 Å². The lowest BCUT2D eigenvalue weighted by Crippen LogP contribution is -2.16. The number of nitrogen functional groups attached to an aromatic ring is 1. The zero-order valence-electron chi connectivity index (χ0n) is 8.17. The van der Waals surface area contributed by atoms with Gasteiger partial charge >= 0.3 is 5.69 Å². The zero-order chi connectivity index (χ0) is 12.6. The minimum absolute atomic E-state index is 0.212. The van der Waals surface area contributed by atoms with Crippen LogP contribution < -0.4 is 11.4 Å². The molecular weight excluding hydrogens is 254 g/mol. The molecule has 1 aromatic carbocycles. The van der Waals surface area contributed by atoms with Crippen molar-refractivity contribution in [1.29, 1.82) is 0 Å². The summed E-state index contributed by atoms with van der Waals surface area (Å²) in [5, 5.41) is -0.365. The van der Waals surface area contributed by atoms with Crippen LogP contribution in [0.2, 0.25) is 5.02 Å². The molecule has 0 fully saturated rings. The van der Waals surface area contributed by atoms with Crippen molar-refractivity contribution in [2.24, 2.45) is 0 Å². The van der Waals surface area contributed by atoms with E-state index in [2.05, 4.69) is 15.0 Å². The normalized spacial score (nSPS) is 10.5. The molecule has 88 valence electrons. The highest BCUT2D eigenvalue weighted by atomic mass is 35.5. The van der Waals surface area contributed by atoms with Gasteiger partial charge in [-0.3, -0.25) is 4.98 Å². The van der Waals surface area contributed by atoms with Gasteiger partial charge < -0.3 is 5.73 Å². The lowest BCUT2D eigenvalue weighted by Gasteiger charge is -2.04. The monoisotopic (exact) mass is 258 g/mol. The number of hydrogen-bond donors (Lipinski definition) is 2. The molecule has 0 aliphatic carbocycles. The first kappa shape index (κ1) is 11.5. The summed E-state index contributed by atoms with van der Waals surface area (Å²) in [5.74, 6) is -2.21. The van der Waals surface area contributed by atoms with E-state index in [9.17, 15) is 13.6 Å². The molecule has 1 aromatic heterocycles. The Bertz CT molecular complexity index is 643. The van der Waals surface area contributed by atoms with Gasteiger partial charge in [0.1, 0.15) is 17.5 Å². The molecule has 0 unspecified atom stereocenters. The highest BCUT2D eigenvalue weighted by Gasteiger charge is 2.13. The maximum absolute atomic E-state index is 13.5. The molecule has 17 heavy (non-hydrogen) atoms. The largest absolute Gasteiger partial charge is 0.368 e. The molecule has 0 spiro atoms. The Morgan fingerprint density at radius 2 is 1.94 bits per heavy atom. The fourth-order valence-electron chi connectivity index (χ4n) is 1.23. The van der Waals surface area contributed by atoms with Crippen molar-refractivity contribution in [3.05, 3.63) is 39.3 Å². The molecule has 0 amide bonds. The van der Waals surface area contributed by atoms with Crippen molar-refractivity contribution in [3.63, 3.8) is 0 Å². The van der Waals surface area contributed by atoms with Crippen LogP contribution in [0, 0.1) is 11.6 Å². The molecule has 0 aliphatic rings. The minimum atomic E-state index is -0.832. The Morgan fingerprint density at radius 1 is 1.24 bits per heavy atom. The number of H-pyrrole nitrogens is 1. The number of hydrogen-bond acceptors (Lipinski definition) is 4. The molecule has 0 bridgehead atoms. The van der Waals surface area contributed by atoms with Gasteiger partial charge in [-0.05, 0) is 12.1 Å². The average Bonchev–Trinajstić information content (AvgIpc) is 2.22. The summed E-state index contributed by atoms with van der Waals surface area (Å²) < 4.78 is 26.7. The molecule has 0 aliphatic heterocycles. The van der Waals surface area contributed by atoms with Gasteiger partial charge in [0.15, 0.2) is 0 Å². The van der Waals surface area contributed by atoms with Crippen molar-refractivity contribution in [1.82, 2.24) is 15.0 Å². The van der Waals surface area contributed by atoms with Crippen molar-refractivity contribution < 1.29 is 8.78 Å². The second-order valence-electron chi connectivity index (χ2n) is 3.11. The van der Waals surface area contributed by atoms with Gasteiger partial charge in [-0.25, -0.2) is 13.6 Å². The number of halogens is 3. The molecule has 0 saturated carbocycles. The number of nitrogens with one attached hydrogen (secondary N) is 1. The highest BCUT2D eigenvalue weighted by molar-refractivity contribution is 6.30. The van der Waals surface area contributed by atoms with Gasteiger partial charge in [0.2, 0.25) is 5.95 Å². The molecule has 0 radical (unpaired) electrons. The highest BCUT2D eigenvalue weighted by Crippen LogP contribution is 2.24. The summed E-state index contributed by atoms with van der Waals surface area (Å²) in [6.45, 7) is 0. The van der Waals surface area contributed by atoms with Crippen LogP contribution in [-0.2, 0) is 0 Å². The van der Waals surface area contributed by atoms with Crippen molar-refractivity contribution in [2.45, 2.75) is 0 Å². The number of aromatic nitrogens is 3. The van der Waals surface area contributed by atoms with Crippen LogP contribution >= 0.6 is 11.6 Å². The smallest absolute Gasteiger partial charge is 0.349 e. The lowest BCUT2D eigenvalue weighted by atomic mass is 10.2. The molecule has 2 rings (SSSR count). The SMILES string of the molecule is Nc1nc(-c2cc(F)c(Cl)cc2F)[nH]c(=O)n1. The van der Waals surface area contributed by atoms with E-state index in [-0.39, 0.29) is 22.4 Å². The molecule has 8 heteroatoms. The molecular formula is C9H5ClF2N4O. The third-order valence-corrected chi connectivity index (χ3v) is 2.22. The van der Waals surface area contributed by atoms with Gasteiger partial charge in [0.05, 0.1) is 10.6 Å². The van der Waals surface area contributed by atoms with Gasteiger partial charge in [-0.2, -0.15) is 9.97 Å². The van der Waals surface area contributed by atoms with E-state index in [4.69, 9.17) is 17.3 Å². The van der Waals surface area contributed by atoms with Crippen LogP contribution in [0.1, 0.15) is 0 Å². The van der Waals surface area contributed by atoms with Crippen LogP contribution in [0.15, 0.2) is 16.9 Å². The summed E-state index contributed by atoms with van der Waals surface area (Å²) in [7, 11) is 0. The Hall–Kier alpha value is -2.02. The van der Waals surface area contributed by atoms with Gasteiger partial charge in [0, 0.05) is 0 Å². The Balaban J connectivity index is 2.68. The molecule has 2 aromatic rings. The number of aromatic amines is 1. The molecule has 0 atom stereocenters. The first-order chi connectivity index (χ1) is 7.97. The van der Waals surface area contributed by atoms with Gasteiger partial charge in [-0.1, -0.05) is 11.6 Å². The van der Waals surface area contributed by atoms with Crippen molar-refractivity contribution in [3.8, 4) is 11.4 Å². The fourth-order valence-corrected chi connectivity index (χ4v) is 1.38. The minimum Gasteiger partial charge on any atom is -0.368 e. The van der Waals surface area contributed by atoms with Crippen LogP contribution in [0.4, 0.5) is 14.7 Å². The van der Waals surface area contributed by atoms with Crippen LogP contribution in [-0.4, -0.2) is 15.0 Å². The molecule has 5 nitrogen and oxygen atoms in total. The molecule has 1 heterocycles. The summed E-state index contributed by atoms with van der Waals surface area (Å²) in [6.07, 6.45) is 0. The number of nitrogens with zero attached hydrogens (tertiary/aromatic N) is 2. The predicted molar refractivity (Wildman–Crippen MR) is 57.4 cm³/mol. The first-order valence-corrected chi connectivity index (χ1v) is 4.74. The third kappa shape index (κ3) is 2.23. The van der Waals surface area contributed by atoms with Crippen molar-refractivity contribution >= 4 is 17.5 Å². The first-order valence-electron chi connectivity index (χ1n) is 4.36. The van der Waals surface area contributed by atoms with E-state index < -0.39 is 17.3 Å². The van der Waals surface area contributed by atoms with Gasteiger partial charge in [0.25, 0.3) is 0 Å². The van der Waals surface area contributed by atoms with Crippen LogP contribution in [0.25, 0.3) is 11.4 Å². The fraction of sp³-hybridized carbons (Fsp3) is 0. The summed E-state index contributed by atoms with van der Waals surface area (Å²) >= 11 is 5.39. The summed E-state index contributed by atoms with van der Waals surface area (Å²) in [5.41, 5.74) is 4.18. The van der Waals surface area contributed by atoms with E-state index in [1.165, 1.54) is 0 Å². The van der Waals surface area contributed by atoms with Gasteiger partial charge in [-0.15, -0.1) is 0 Å². The standard InChI is InChI=1S/C9H5ClF2N4O/c10-4-2-5(11)3(1-6(4)12)7-14-8(13)16-9(17)15-7/h1-2H,(H3,13,14,15,16,17). The van der Waals surface area contributed by atoms with E-state index in [0.717, 1.165) is 12.1 Å². The summed E-state index contributed by atoms with van der Waals surface area (Å²) in [6, 6.07) is 1.60. The number of benzene rings is 1.